The molecule has 0 heterocycles. The highest BCUT2D eigenvalue weighted by Gasteiger charge is 2.15. The summed E-state index contributed by atoms with van der Waals surface area (Å²) in [6, 6.07) is 8.33. The maximum atomic E-state index is 10.2. The smallest absolute Gasteiger partial charge is 0.0940 e. The number of aliphatic hydroxyl groups excluding tert-OH is 1. The number of aliphatic hydroxyl groups is 1. The standard InChI is InChI=1S/C15H25NOS.ClH/c1-4-6-11-16-12(3)15(17)13-7-9-14(10-8-13)18-5-2;/h7-10,12,15-17H,4-6,11H2,1-3H3;1H. The number of rotatable bonds is 8. The van der Waals surface area contributed by atoms with Crippen LogP contribution in [-0.2, 0) is 0 Å². The van der Waals surface area contributed by atoms with Crippen molar-refractivity contribution in [3.63, 3.8) is 0 Å². The second-order valence-electron chi connectivity index (χ2n) is 4.54. The maximum Gasteiger partial charge on any atom is 0.0940 e. The van der Waals surface area contributed by atoms with Gasteiger partial charge in [0.2, 0.25) is 0 Å². The summed E-state index contributed by atoms with van der Waals surface area (Å²) >= 11 is 1.82. The molecular weight excluding hydrogens is 278 g/mol. The van der Waals surface area contributed by atoms with Crippen molar-refractivity contribution in [3.05, 3.63) is 29.8 Å². The van der Waals surface area contributed by atoms with E-state index >= 15 is 0 Å². The van der Waals surface area contributed by atoms with Crippen molar-refractivity contribution in [1.82, 2.24) is 5.32 Å². The number of thioether (sulfide) groups is 1. The molecule has 0 saturated carbocycles. The van der Waals surface area contributed by atoms with Gasteiger partial charge in [-0.2, -0.15) is 0 Å². The third-order valence-corrected chi connectivity index (χ3v) is 3.90. The Bertz CT molecular complexity index is 331. The largest absolute Gasteiger partial charge is 0.387 e. The maximum absolute atomic E-state index is 10.2. The molecule has 0 aliphatic rings. The number of nitrogens with one attached hydrogen (secondary N) is 1. The third-order valence-electron chi connectivity index (χ3n) is 3.00. The van der Waals surface area contributed by atoms with Gasteiger partial charge in [0.1, 0.15) is 0 Å². The highest BCUT2D eigenvalue weighted by atomic mass is 35.5. The van der Waals surface area contributed by atoms with Crippen LogP contribution in [0.1, 0.15) is 45.3 Å². The van der Waals surface area contributed by atoms with E-state index in [1.54, 1.807) is 0 Å². The van der Waals surface area contributed by atoms with Gasteiger partial charge < -0.3 is 10.4 Å². The van der Waals surface area contributed by atoms with Gasteiger partial charge in [0.15, 0.2) is 0 Å². The van der Waals surface area contributed by atoms with Gasteiger partial charge >= 0.3 is 0 Å². The molecule has 0 aromatic heterocycles. The summed E-state index contributed by atoms with van der Waals surface area (Å²) in [6.45, 7) is 7.33. The molecule has 19 heavy (non-hydrogen) atoms. The highest BCUT2D eigenvalue weighted by Crippen LogP contribution is 2.22. The summed E-state index contributed by atoms with van der Waals surface area (Å²) in [6.07, 6.45) is 1.91. The van der Waals surface area contributed by atoms with Gasteiger partial charge in [0, 0.05) is 10.9 Å². The fraction of sp³-hybridized carbons (Fsp3) is 0.600. The lowest BCUT2D eigenvalue weighted by molar-refractivity contribution is 0.136. The molecule has 0 fully saturated rings. The summed E-state index contributed by atoms with van der Waals surface area (Å²) in [5.74, 6) is 1.08. The van der Waals surface area contributed by atoms with E-state index in [1.165, 1.54) is 11.3 Å². The molecule has 0 aliphatic heterocycles. The van der Waals surface area contributed by atoms with Crippen LogP contribution in [0.5, 0.6) is 0 Å². The Hall–Kier alpha value is -0.220. The van der Waals surface area contributed by atoms with Crippen LogP contribution in [0.25, 0.3) is 0 Å². The molecule has 1 aromatic carbocycles. The number of benzene rings is 1. The topological polar surface area (TPSA) is 32.3 Å². The van der Waals surface area contributed by atoms with Crippen LogP contribution >= 0.6 is 24.2 Å². The number of hydrogen-bond donors (Lipinski definition) is 2. The van der Waals surface area contributed by atoms with Crippen LogP contribution < -0.4 is 5.32 Å². The molecule has 1 aromatic rings. The van der Waals surface area contributed by atoms with E-state index in [2.05, 4.69) is 31.3 Å². The van der Waals surface area contributed by atoms with E-state index in [-0.39, 0.29) is 18.4 Å². The number of halogens is 1. The zero-order chi connectivity index (χ0) is 13.4. The predicted octanol–water partition coefficient (Wildman–Crippen LogP) is 4.03. The molecule has 1 rings (SSSR count). The average Bonchev–Trinajstić information content (AvgIpc) is 2.39. The van der Waals surface area contributed by atoms with Crippen LogP contribution in [0.15, 0.2) is 29.2 Å². The molecule has 0 radical (unpaired) electrons. The van der Waals surface area contributed by atoms with E-state index in [4.69, 9.17) is 0 Å². The van der Waals surface area contributed by atoms with Crippen molar-refractivity contribution >= 4 is 24.2 Å². The second-order valence-corrected chi connectivity index (χ2v) is 5.88. The van der Waals surface area contributed by atoms with E-state index in [0.29, 0.717) is 0 Å². The summed E-state index contributed by atoms with van der Waals surface area (Å²) in [5.41, 5.74) is 0.993. The Kier molecular flexibility index (Phi) is 10.4. The van der Waals surface area contributed by atoms with Gasteiger partial charge in [-0.25, -0.2) is 0 Å². The molecule has 0 amide bonds. The van der Waals surface area contributed by atoms with Crippen molar-refractivity contribution < 1.29 is 5.11 Å². The Morgan fingerprint density at radius 2 is 1.84 bits per heavy atom. The van der Waals surface area contributed by atoms with Gasteiger partial charge in [-0.05, 0) is 43.3 Å². The normalized spacial score (nSPS) is 13.7. The molecule has 110 valence electrons. The summed E-state index contributed by atoms with van der Waals surface area (Å²) in [5, 5.41) is 13.6. The Labute approximate surface area is 127 Å². The lowest BCUT2D eigenvalue weighted by Gasteiger charge is -2.20. The Morgan fingerprint density at radius 1 is 1.21 bits per heavy atom. The third kappa shape index (κ3) is 6.66. The SMILES string of the molecule is CCCCNC(C)C(O)c1ccc(SCC)cc1.Cl. The van der Waals surface area contributed by atoms with E-state index in [9.17, 15) is 5.11 Å². The lowest BCUT2D eigenvalue weighted by Crippen LogP contribution is -2.32. The lowest BCUT2D eigenvalue weighted by atomic mass is 10.0. The molecular formula is C15H26ClNOS. The van der Waals surface area contributed by atoms with E-state index in [0.717, 1.165) is 24.3 Å². The fourth-order valence-corrected chi connectivity index (χ4v) is 2.50. The zero-order valence-corrected chi connectivity index (χ0v) is 13.7. The van der Waals surface area contributed by atoms with Gasteiger partial charge in [-0.3, -0.25) is 0 Å². The molecule has 0 aliphatic carbocycles. The molecule has 2 nitrogen and oxygen atoms in total. The van der Waals surface area contributed by atoms with Crippen LogP contribution in [-0.4, -0.2) is 23.4 Å². The van der Waals surface area contributed by atoms with E-state index in [1.807, 2.05) is 30.8 Å². The molecule has 2 atom stereocenters. The van der Waals surface area contributed by atoms with Crippen molar-refractivity contribution in [3.8, 4) is 0 Å². The first-order valence-corrected chi connectivity index (χ1v) is 7.81. The Balaban J connectivity index is 0.00000324. The van der Waals surface area contributed by atoms with E-state index < -0.39 is 6.10 Å². The molecule has 0 spiro atoms. The minimum atomic E-state index is -0.428. The summed E-state index contributed by atoms with van der Waals surface area (Å²) in [7, 11) is 0. The monoisotopic (exact) mass is 303 g/mol. The van der Waals surface area contributed by atoms with Crippen molar-refractivity contribution in [2.75, 3.05) is 12.3 Å². The van der Waals surface area contributed by atoms with Crippen molar-refractivity contribution in [2.24, 2.45) is 0 Å². The minimum absolute atomic E-state index is 0. The van der Waals surface area contributed by atoms with Gasteiger partial charge in [0.25, 0.3) is 0 Å². The fourth-order valence-electron chi connectivity index (χ4n) is 1.83. The summed E-state index contributed by atoms with van der Waals surface area (Å²) in [4.78, 5) is 1.26. The summed E-state index contributed by atoms with van der Waals surface area (Å²) < 4.78 is 0. The molecule has 2 N–H and O–H groups in total. The van der Waals surface area contributed by atoms with Gasteiger partial charge in [0.05, 0.1) is 6.10 Å². The molecule has 2 unspecified atom stereocenters. The Morgan fingerprint density at radius 3 is 2.37 bits per heavy atom. The molecule has 4 heteroatoms. The quantitative estimate of drug-likeness (QED) is 0.562. The zero-order valence-electron chi connectivity index (χ0n) is 12.1. The predicted molar refractivity (Wildman–Crippen MR) is 87.4 cm³/mol. The molecule has 0 saturated heterocycles. The number of hydrogen-bond acceptors (Lipinski definition) is 3. The first kappa shape index (κ1) is 18.8. The van der Waals surface area contributed by atoms with Crippen LogP contribution in [0.2, 0.25) is 0 Å². The van der Waals surface area contributed by atoms with Crippen LogP contribution in [0, 0.1) is 0 Å². The van der Waals surface area contributed by atoms with Gasteiger partial charge in [-0.15, -0.1) is 24.2 Å². The van der Waals surface area contributed by atoms with Crippen molar-refractivity contribution in [1.29, 1.82) is 0 Å². The average molecular weight is 304 g/mol. The first-order chi connectivity index (χ1) is 8.69. The minimum Gasteiger partial charge on any atom is -0.387 e. The number of unbranched alkanes of at least 4 members (excludes halogenated alkanes) is 1. The van der Waals surface area contributed by atoms with Gasteiger partial charge in [-0.1, -0.05) is 32.4 Å². The van der Waals surface area contributed by atoms with Crippen molar-refractivity contribution in [2.45, 2.75) is 50.7 Å². The molecule has 0 bridgehead atoms. The van der Waals surface area contributed by atoms with Crippen LogP contribution in [0.4, 0.5) is 0 Å². The van der Waals surface area contributed by atoms with Crippen LogP contribution in [0.3, 0.4) is 0 Å². The highest BCUT2D eigenvalue weighted by molar-refractivity contribution is 7.99. The second kappa shape index (κ2) is 10.6. The first-order valence-electron chi connectivity index (χ1n) is 6.83.